The summed E-state index contributed by atoms with van der Waals surface area (Å²) in [6.45, 7) is 3.73. The highest BCUT2D eigenvalue weighted by Gasteiger charge is 2.33. The number of nitrogens with two attached hydrogens (primary N) is 1. The van der Waals surface area contributed by atoms with Crippen molar-refractivity contribution in [3.8, 4) is 0 Å². The molecule has 6 heteroatoms. The summed E-state index contributed by atoms with van der Waals surface area (Å²) in [5.74, 6) is 0.723. The molecule has 0 aliphatic carbocycles. The molecule has 0 saturated carbocycles. The van der Waals surface area contributed by atoms with Crippen LogP contribution in [0.5, 0.6) is 0 Å². The van der Waals surface area contributed by atoms with Gasteiger partial charge >= 0.3 is 0 Å². The van der Waals surface area contributed by atoms with Gasteiger partial charge in [0.2, 0.25) is 10.0 Å². The van der Waals surface area contributed by atoms with Crippen LogP contribution in [0.3, 0.4) is 0 Å². The van der Waals surface area contributed by atoms with Gasteiger partial charge in [-0.15, -0.1) is 0 Å². The van der Waals surface area contributed by atoms with Crippen molar-refractivity contribution in [1.29, 1.82) is 0 Å². The second-order valence-corrected chi connectivity index (χ2v) is 6.75. The van der Waals surface area contributed by atoms with Crippen molar-refractivity contribution < 1.29 is 8.42 Å². The molecular weight excluding hydrogens is 250 g/mol. The van der Waals surface area contributed by atoms with Crippen molar-refractivity contribution in [3.05, 3.63) is 24.5 Å². The Bertz CT molecular complexity index is 489. The Kier molecular flexibility index (Phi) is 3.99. The van der Waals surface area contributed by atoms with E-state index in [1.807, 2.05) is 0 Å². The van der Waals surface area contributed by atoms with Crippen molar-refractivity contribution in [2.75, 3.05) is 19.6 Å². The maximum Gasteiger partial charge on any atom is 0.244 e. The van der Waals surface area contributed by atoms with Crippen LogP contribution in [-0.4, -0.2) is 37.3 Å². The Balaban J connectivity index is 2.22. The van der Waals surface area contributed by atoms with Crippen LogP contribution in [0.4, 0.5) is 0 Å². The van der Waals surface area contributed by atoms with Crippen LogP contribution < -0.4 is 5.73 Å². The molecule has 100 valence electrons. The number of aromatic nitrogens is 1. The highest BCUT2D eigenvalue weighted by Crippen LogP contribution is 2.26. The quantitative estimate of drug-likeness (QED) is 0.875. The van der Waals surface area contributed by atoms with Gasteiger partial charge in [0.15, 0.2) is 0 Å². The van der Waals surface area contributed by atoms with E-state index in [-0.39, 0.29) is 10.8 Å². The SMILES string of the molecule is CC1CCN(S(=O)(=O)c2cccnc2)CC1CN. The van der Waals surface area contributed by atoms with Crippen LogP contribution in [0.2, 0.25) is 0 Å². The van der Waals surface area contributed by atoms with Crippen molar-refractivity contribution in [1.82, 2.24) is 9.29 Å². The Labute approximate surface area is 108 Å². The van der Waals surface area contributed by atoms with E-state index >= 15 is 0 Å². The number of piperidine rings is 1. The van der Waals surface area contributed by atoms with Gasteiger partial charge in [-0.05, 0) is 36.9 Å². The lowest BCUT2D eigenvalue weighted by Crippen LogP contribution is -2.45. The summed E-state index contributed by atoms with van der Waals surface area (Å²) in [7, 11) is -3.41. The molecule has 1 aromatic heterocycles. The molecular formula is C12H19N3O2S. The number of hydrogen-bond donors (Lipinski definition) is 1. The fraction of sp³-hybridized carbons (Fsp3) is 0.583. The average Bonchev–Trinajstić information content (AvgIpc) is 2.40. The lowest BCUT2D eigenvalue weighted by Gasteiger charge is -2.35. The lowest BCUT2D eigenvalue weighted by molar-refractivity contribution is 0.203. The van der Waals surface area contributed by atoms with Gasteiger partial charge in [-0.1, -0.05) is 6.92 Å². The standard InChI is InChI=1S/C12H19N3O2S/c1-10-4-6-15(9-11(10)7-13)18(16,17)12-3-2-5-14-8-12/h2-3,5,8,10-11H,4,6-7,9,13H2,1H3. The van der Waals surface area contributed by atoms with Gasteiger partial charge in [-0.25, -0.2) is 8.42 Å². The molecule has 2 rings (SSSR count). The molecule has 1 saturated heterocycles. The minimum Gasteiger partial charge on any atom is -0.330 e. The van der Waals surface area contributed by atoms with Crippen LogP contribution in [0.15, 0.2) is 29.4 Å². The summed E-state index contributed by atoms with van der Waals surface area (Å²) >= 11 is 0. The van der Waals surface area contributed by atoms with Crippen LogP contribution in [-0.2, 0) is 10.0 Å². The van der Waals surface area contributed by atoms with E-state index in [0.29, 0.717) is 25.6 Å². The lowest BCUT2D eigenvalue weighted by atomic mass is 9.88. The molecule has 1 aliphatic heterocycles. The third kappa shape index (κ3) is 2.55. The van der Waals surface area contributed by atoms with E-state index in [0.717, 1.165) is 6.42 Å². The van der Waals surface area contributed by atoms with Crippen molar-refractivity contribution in [2.45, 2.75) is 18.2 Å². The van der Waals surface area contributed by atoms with Gasteiger partial charge in [-0.2, -0.15) is 4.31 Å². The second kappa shape index (κ2) is 5.34. The number of pyridine rings is 1. The summed E-state index contributed by atoms with van der Waals surface area (Å²) in [6, 6.07) is 3.22. The molecule has 1 aliphatic rings. The molecule has 1 aromatic rings. The van der Waals surface area contributed by atoms with E-state index < -0.39 is 10.0 Å². The monoisotopic (exact) mass is 269 g/mol. The fourth-order valence-electron chi connectivity index (χ4n) is 2.29. The van der Waals surface area contributed by atoms with Crippen LogP contribution in [0, 0.1) is 11.8 Å². The Morgan fingerprint density at radius 3 is 2.94 bits per heavy atom. The predicted molar refractivity (Wildman–Crippen MR) is 69.3 cm³/mol. The third-order valence-electron chi connectivity index (χ3n) is 3.65. The molecule has 0 bridgehead atoms. The highest BCUT2D eigenvalue weighted by atomic mass is 32.2. The molecule has 2 atom stereocenters. The highest BCUT2D eigenvalue weighted by molar-refractivity contribution is 7.89. The zero-order chi connectivity index (χ0) is 13.2. The zero-order valence-corrected chi connectivity index (χ0v) is 11.3. The van der Waals surface area contributed by atoms with Gasteiger partial charge in [-0.3, -0.25) is 4.98 Å². The van der Waals surface area contributed by atoms with Crippen LogP contribution in [0.1, 0.15) is 13.3 Å². The normalized spacial score (nSPS) is 26.1. The Morgan fingerprint density at radius 1 is 1.56 bits per heavy atom. The van der Waals surface area contributed by atoms with E-state index in [1.54, 1.807) is 18.3 Å². The molecule has 0 amide bonds. The topological polar surface area (TPSA) is 76.3 Å². The maximum absolute atomic E-state index is 12.4. The smallest absolute Gasteiger partial charge is 0.244 e. The zero-order valence-electron chi connectivity index (χ0n) is 10.5. The van der Waals surface area contributed by atoms with E-state index in [1.165, 1.54) is 10.5 Å². The number of sulfonamides is 1. The first-order valence-corrected chi connectivity index (χ1v) is 7.60. The van der Waals surface area contributed by atoms with Crippen molar-refractivity contribution >= 4 is 10.0 Å². The van der Waals surface area contributed by atoms with E-state index in [2.05, 4.69) is 11.9 Å². The first-order valence-electron chi connectivity index (χ1n) is 6.16. The largest absolute Gasteiger partial charge is 0.330 e. The summed E-state index contributed by atoms with van der Waals surface area (Å²) in [6.07, 6.45) is 3.83. The van der Waals surface area contributed by atoms with E-state index in [4.69, 9.17) is 5.73 Å². The molecule has 1 fully saturated rings. The van der Waals surface area contributed by atoms with Crippen LogP contribution in [0.25, 0.3) is 0 Å². The van der Waals surface area contributed by atoms with Gasteiger partial charge in [0.25, 0.3) is 0 Å². The van der Waals surface area contributed by atoms with Gasteiger partial charge < -0.3 is 5.73 Å². The first-order chi connectivity index (χ1) is 8.55. The number of rotatable bonds is 3. The van der Waals surface area contributed by atoms with Crippen molar-refractivity contribution in [2.24, 2.45) is 17.6 Å². The van der Waals surface area contributed by atoms with Gasteiger partial charge in [0.05, 0.1) is 0 Å². The molecule has 2 unspecified atom stereocenters. The molecule has 0 spiro atoms. The fourth-order valence-corrected chi connectivity index (χ4v) is 3.77. The number of nitrogens with zero attached hydrogens (tertiary/aromatic N) is 2. The third-order valence-corrected chi connectivity index (χ3v) is 5.50. The summed E-state index contributed by atoms with van der Waals surface area (Å²) < 4.78 is 26.3. The predicted octanol–water partition coefficient (Wildman–Crippen LogP) is 0.687. The minimum absolute atomic E-state index is 0.241. The molecule has 2 heterocycles. The van der Waals surface area contributed by atoms with Gasteiger partial charge in [0.1, 0.15) is 4.90 Å². The molecule has 0 aromatic carbocycles. The Morgan fingerprint density at radius 2 is 2.33 bits per heavy atom. The average molecular weight is 269 g/mol. The molecule has 0 radical (unpaired) electrons. The minimum atomic E-state index is -3.41. The van der Waals surface area contributed by atoms with Crippen LogP contribution >= 0.6 is 0 Å². The summed E-state index contributed by atoms with van der Waals surface area (Å²) in [4.78, 5) is 4.13. The molecule has 5 nitrogen and oxygen atoms in total. The van der Waals surface area contributed by atoms with E-state index in [9.17, 15) is 8.42 Å². The molecule has 18 heavy (non-hydrogen) atoms. The first kappa shape index (κ1) is 13.5. The maximum atomic E-state index is 12.4. The summed E-state index contributed by atoms with van der Waals surface area (Å²) in [5.41, 5.74) is 5.70. The Hall–Kier alpha value is -0.980. The summed E-state index contributed by atoms with van der Waals surface area (Å²) in [5, 5.41) is 0. The van der Waals surface area contributed by atoms with Crippen molar-refractivity contribution in [3.63, 3.8) is 0 Å². The molecule has 2 N–H and O–H groups in total. The number of hydrogen-bond acceptors (Lipinski definition) is 4. The van der Waals surface area contributed by atoms with Gasteiger partial charge in [0, 0.05) is 25.5 Å². The second-order valence-electron chi connectivity index (χ2n) is 4.81.